The molecule has 96 heavy (non-hydrogen) atoms. The Kier molecular flexibility index (Phi) is 36.3. The average Bonchev–Trinajstić information content (AvgIpc) is 1.31. The maximum absolute atomic E-state index is 12.7. The Labute approximate surface area is 561 Å². The number of nitro benzene ring substituents is 2. The van der Waals surface area contributed by atoms with Crippen molar-refractivity contribution in [1.82, 2.24) is 9.80 Å². The fourth-order valence-corrected chi connectivity index (χ4v) is 10.4. The van der Waals surface area contributed by atoms with E-state index in [1.54, 1.807) is 4.90 Å². The van der Waals surface area contributed by atoms with Crippen molar-refractivity contribution in [3.05, 3.63) is 141 Å². The number of halogens is 1. The lowest BCUT2D eigenvalue weighted by molar-refractivity contribution is -0.385. The molecule has 5 aliphatic heterocycles. The van der Waals surface area contributed by atoms with Crippen LogP contribution in [0.25, 0.3) is 0 Å². The first-order chi connectivity index (χ1) is 45.5. The van der Waals surface area contributed by atoms with Crippen LogP contribution in [0.1, 0.15) is 130 Å². The van der Waals surface area contributed by atoms with Crippen molar-refractivity contribution in [1.29, 1.82) is 0 Å². The number of amides is 2. The summed E-state index contributed by atoms with van der Waals surface area (Å²) in [5.74, 6) is -1.11. The third-order valence-electron chi connectivity index (χ3n) is 15.0. The first-order valence-electron chi connectivity index (χ1n) is 30.9. The van der Waals surface area contributed by atoms with Gasteiger partial charge in [-0.2, -0.15) is 19.2 Å². The van der Waals surface area contributed by atoms with Crippen LogP contribution in [0.4, 0.5) is 25.8 Å². The van der Waals surface area contributed by atoms with Crippen molar-refractivity contribution in [3.8, 4) is 11.5 Å². The van der Waals surface area contributed by atoms with Gasteiger partial charge in [0.1, 0.15) is 43.0 Å². The number of carbonyl (C=O) groups excluding carboxylic acids is 8. The molecule has 0 radical (unpaired) electrons. The Morgan fingerprint density at radius 1 is 0.594 bits per heavy atom. The topological polar surface area (TPSA) is 382 Å². The third kappa shape index (κ3) is 30.7. The van der Waals surface area contributed by atoms with Crippen LogP contribution >= 0.6 is 11.6 Å². The number of likely N-dealkylation sites (tertiary alicyclic amines) is 2. The lowest BCUT2D eigenvalue weighted by Gasteiger charge is -2.38. The van der Waals surface area contributed by atoms with Gasteiger partial charge in [-0.05, 0) is 122 Å². The number of non-ortho nitro benzene ring substituents is 2. The molecule has 0 aliphatic carbocycles. The highest BCUT2D eigenvalue weighted by atomic mass is 35.5. The highest BCUT2D eigenvalue weighted by Gasteiger charge is 2.38. The number of aliphatic hydroxyl groups is 3. The van der Waals surface area contributed by atoms with E-state index in [9.17, 15) is 44.5 Å². The summed E-state index contributed by atoms with van der Waals surface area (Å²) < 4.78 is 52.8. The van der Waals surface area contributed by atoms with Gasteiger partial charge in [-0.1, -0.05) is 74.5 Å². The van der Waals surface area contributed by atoms with Crippen LogP contribution in [0.2, 0.25) is 0 Å². The summed E-state index contributed by atoms with van der Waals surface area (Å²) in [4.78, 5) is 103. The zero-order valence-corrected chi connectivity index (χ0v) is 55.8. The molecule has 30 heteroatoms. The Balaban J connectivity index is 0.000000315. The second-order valence-electron chi connectivity index (χ2n) is 23.5. The molecule has 5 aliphatic rings. The minimum atomic E-state index is -1.02. The van der Waals surface area contributed by atoms with Crippen LogP contribution in [0.5, 0.6) is 11.5 Å². The molecule has 0 aromatic heterocycles. The molecular weight excluding hydrogens is 1280 g/mol. The van der Waals surface area contributed by atoms with Crippen molar-refractivity contribution in [3.63, 3.8) is 0 Å². The van der Waals surface area contributed by atoms with Gasteiger partial charge in [-0.3, -0.25) is 25.0 Å². The van der Waals surface area contributed by atoms with Crippen molar-refractivity contribution in [2.24, 2.45) is 0 Å². The summed E-state index contributed by atoms with van der Waals surface area (Å²) in [6.45, 7) is 18.0. The van der Waals surface area contributed by atoms with E-state index in [1.807, 2.05) is 70.7 Å². The molecule has 0 bridgehead atoms. The van der Waals surface area contributed by atoms with E-state index in [0.29, 0.717) is 38.7 Å². The quantitative estimate of drug-likeness (QED) is 0.0291. The number of nitro groups is 2. The first kappa shape index (κ1) is 82.1. The molecule has 9 rings (SSSR count). The SMILES string of the molecule is CC(c1ccccc1)C1CCCCN1C(=O)OCC(O)CO.CC(c1ccccc1)C1CCCCN1C(=O)OCC1COC(C)(C)O1.CC1(C)OCC(CCC(=O)Oc2ccc([N+](=O)[O-])cc2)O1.CC1(C)OCC(CO)O1.O=C(Cl)Oc1ccc([N+](=O)[O-])cc1.O=C=O.O=C=O. The standard InChI is InChI=1S/C20H29NO4.C17H25NO4.C14H17NO6.C7H4ClNO4.C6H12O3.2CO2/c1-15(16-9-5-4-6-10-16)18-11-7-8-12-21(18)19(22)23-13-17-14-24-20(2,3)25-17;1-13(14-7-3-2-4-8-14)16-9-5-6-10-18(16)17(21)22-12-15(20)11-19;1-14(2)19-9-12(21-14)7-8-13(16)20-11-5-3-10(4-6-11)15(17)18;8-7(10)13-6-3-1-5(2-4-6)9(11)12;1-6(2)8-4-5(3-7)9-6;2*2-1-3/h4-6,9-10,15,17-18H,7-8,11-14H2,1-3H3;2-4,7-8,13,15-16,19-20H,5-6,9-12H2,1H3;3-6,12H,7-9H2,1-2H3;1-4H;5,7H,3-4H2,1-2H3;;. The molecule has 8 atom stereocenters. The zero-order chi connectivity index (χ0) is 71.4. The fraction of sp³-hybridized carbons (Fsp3) is 0.545. The smallest absolute Gasteiger partial charge is 0.410 e. The van der Waals surface area contributed by atoms with E-state index in [2.05, 4.69) is 55.0 Å². The summed E-state index contributed by atoms with van der Waals surface area (Å²) in [6, 6.07) is 31.2. The molecule has 5 saturated heterocycles. The molecule has 29 nitrogen and oxygen atoms in total. The van der Waals surface area contributed by atoms with Gasteiger partial charge in [-0.25, -0.2) is 14.4 Å². The molecule has 0 saturated carbocycles. The van der Waals surface area contributed by atoms with E-state index in [-0.39, 0.29) is 104 Å². The molecule has 3 N–H and O–H groups in total. The van der Waals surface area contributed by atoms with Crippen LogP contribution < -0.4 is 9.47 Å². The number of hydrogen-bond donors (Lipinski definition) is 3. The molecular formula is C66H87ClN4O25. The van der Waals surface area contributed by atoms with Crippen LogP contribution in [0, 0.1) is 20.2 Å². The Morgan fingerprint density at radius 2 is 0.979 bits per heavy atom. The second kappa shape index (κ2) is 42.4. The minimum absolute atomic E-state index is 0.0451. The molecule has 5 fully saturated rings. The summed E-state index contributed by atoms with van der Waals surface area (Å²) in [6.07, 6.45) is 5.34. The molecule has 2 amide bonds. The van der Waals surface area contributed by atoms with Crippen molar-refractivity contribution >= 4 is 58.9 Å². The van der Waals surface area contributed by atoms with Crippen LogP contribution in [-0.4, -0.2) is 184 Å². The Morgan fingerprint density at radius 3 is 1.33 bits per heavy atom. The van der Waals surface area contributed by atoms with Gasteiger partial charge in [0.15, 0.2) is 17.4 Å². The lowest BCUT2D eigenvalue weighted by atomic mass is 9.87. The number of piperidine rings is 2. The Bertz CT molecular complexity index is 3050. The van der Waals surface area contributed by atoms with E-state index in [0.717, 1.165) is 45.1 Å². The molecule has 528 valence electrons. The number of benzene rings is 4. The number of ether oxygens (including phenoxy) is 10. The van der Waals surface area contributed by atoms with Crippen LogP contribution in [-0.2, 0) is 61.9 Å². The summed E-state index contributed by atoms with van der Waals surface area (Å²) in [5.41, 5.74) is 1.38. The maximum Gasteiger partial charge on any atom is 0.410 e. The number of carbonyl (C=O) groups is 4. The molecule has 8 unspecified atom stereocenters. The monoisotopic (exact) mass is 1370 g/mol. The summed E-state index contributed by atoms with van der Waals surface area (Å²) in [7, 11) is 0. The second-order valence-corrected chi connectivity index (χ2v) is 23.8. The minimum Gasteiger partial charge on any atom is -0.447 e. The van der Waals surface area contributed by atoms with Gasteiger partial charge < -0.3 is 72.5 Å². The maximum atomic E-state index is 12.7. The summed E-state index contributed by atoms with van der Waals surface area (Å²) in [5, 5.41) is 47.4. The predicted molar refractivity (Wildman–Crippen MR) is 339 cm³/mol. The molecule has 5 heterocycles. The lowest BCUT2D eigenvalue weighted by Crippen LogP contribution is -2.47. The number of aliphatic hydroxyl groups excluding tert-OH is 3. The average molecular weight is 1370 g/mol. The van der Waals surface area contributed by atoms with Gasteiger partial charge in [0.25, 0.3) is 11.4 Å². The van der Waals surface area contributed by atoms with E-state index in [1.165, 1.54) is 59.7 Å². The summed E-state index contributed by atoms with van der Waals surface area (Å²) >= 11 is 4.92. The van der Waals surface area contributed by atoms with E-state index >= 15 is 0 Å². The Hall–Kier alpha value is -8.15. The highest BCUT2D eigenvalue weighted by Crippen LogP contribution is 2.33. The van der Waals surface area contributed by atoms with Gasteiger partial charge >= 0.3 is 35.9 Å². The van der Waals surface area contributed by atoms with Crippen molar-refractivity contribution in [2.75, 3.05) is 59.3 Å². The predicted octanol–water partition coefficient (Wildman–Crippen LogP) is 9.79. The van der Waals surface area contributed by atoms with Gasteiger partial charge in [-0.15, -0.1) is 0 Å². The normalized spacial score (nSPS) is 20.9. The number of rotatable bonds is 17. The fourth-order valence-electron chi connectivity index (χ4n) is 10.3. The number of hydrogen-bond acceptors (Lipinski definition) is 25. The van der Waals surface area contributed by atoms with Crippen LogP contribution in [0.15, 0.2) is 109 Å². The zero-order valence-electron chi connectivity index (χ0n) is 55.0. The number of esters is 1. The van der Waals surface area contributed by atoms with Gasteiger partial charge in [0, 0.05) is 79.3 Å². The molecule has 4 aromatic rings. The van der Waals surface area contributed by atoms with E-state index < -0.39 is 57.4 Å². The first-order valence-corrected chi connectivity index (χ1v) is 31.3. The van der Waals surface area contributed by atoms with Crippen molar-refractivity contribution < 1.29 is 111 Å². The van der Waals surface area contributed by atoms with Crippen LogP contribution in [0.3, 0.4) is 0 Å². The van der Waals surface area contributed by atoms with Gasteiger partial charge in [0.2, 0.25) is 0 Å². The van der Waals surface area contributed by atoms with E-state index in [4.69, 9.17) is 83.6 Å². The molecule has 4 aromatic carbocycles. The highest BCUT2D eigenvalue weighted by molar-refractivity contribution is 6.61. The third-order valence-corrected chi connectivity index (χ3v) is 15.1. The molecule has 0 spiro atoms. The van der Waals surface area contributed by atoms with Crippen molar-refractivity contribution in [2.45, 2.75) is 172 Å². The van der Waals surface area contributed by atoms with Gasteiger partial charge in [0.05, 0.1) is 49.0 Å². The number of nitrogens with zero attached hydrogens (tertiary/aromatic N) is 4. The largest absolute Gasteiger partial charge is 0.447 e.